The highest BCUT2D eigenvalue weighted by Crippen LogP contribution is 2.43. The molecule has 12 heteroatoms. The summed E-state index contributed by atoms with van der Waals surface area (Å²) in [5.74, 6) is -1.61. The zero-order valence-corrected chi connectivity index (χ0v) is 51.1. The van der Waals surface area contributed by atoms with Crippen molar-refractivity contribution in [1.29, 1.82) is 0 Å². The predicted octanol–water partition coefficient (Wildman–Crippen LogP) is 18.9. The molecule has 80 heavy (non-hydrogen) atoms. The quantitative estimate of drug-likeness (QED) is 0.0197. The lowest BCUT2D eigenvalue weighted by Crippen LogP contribution is -2.30. The van der Waals surface area contributed by atoms with E-state index in [0.29, 0.717) is 32.1 Å². The molecule has 0 rings (SSSR count). The highest BCUT2D eigenvalue weighted by molar-refractivity contribution is 7.47. The van der Waals surface area contributed by atoms with Gasteiger partial charge in [0.15, 0.2) is 6.10 Å². The Hall–Kier alpha value is -4.38. The molecule has 0 aliphatic rings. The highest BCUT2D eigenvalue weighted by atomic mass is 31.2. The molecule has 0 bridgehead atoms. The van der Waals surface area contributed by atoms with Crippen LogP contribution >= 0.6 is 7.82 Å². The van der Waals surface area contributed by atoms with Gasteiger partial charge in [0.1, 0.15) is 12.7 Å². The van der Waals surface area contributed by atoms with Crippen molar-refractivity contribution >= 4 is 25.7 Å². The first kappa shape index (κ1) is 75.6. The van der Waals surface area contributed by atoms with E-state index in [0.717, 1.165) is 83.5 Å². The molecule has 0 aliphatic heterocycles. The minimum atomic E-state index is -4.79. The van der Waals surface area contributed by atoms with Gasteiger partial charge in [-0.1, -0.05) is 231 Å². The van der Waals surface area contributed by atoms with E-state index in [1.54, 1.807) is 0 Å². The van der Waals surface area contributed by atoms with Crippen LogP contribution in [-0.4, -0.2) is 66.5 Å². The average Bonchev–Trinajstić information content (AvgIpc) is 3.45. The van der Waals surface area contributed by atoms with Crippen molar-refractivity contribution in [3.05, 3.63) is 134 Å². The molecule has 0 fully saturated rings. The predicted molar refractivity (Wildman–Crippen MR) is 334 cm³/mol. The number of aliphatic hydroxyl groups excluding tert-OH is 1. The number of phosphoric ester groups is 1. The third kappa shape index (κ3) is 58.3. The van der Waals surface area contributed by atoms with E-state index in [4.69, 9.17) is 23.3 Å². The number of aliphatic hydroxyl groups is 1. The van der Waals surface area contributed by atoms with Gasteiger partial charge >= 0.3 is 25.7 Å². The molecule has 0 aromatic heterocycles. The van der Waals surface area contributed by atoms with Gasteiger partial charge in [-0.15, -0.1) is 0 Å². The van der Waals surface area contributed by atoms with Gasteiger partial charge < -0.3 is 24.2 Å². The van der Waals surface area contributed by atoms with Crippen molar-refractivity contribution in [2.45, 2.75) is 251 Å². The Morgan fingerprint density at radius 3 is 1.05 bits per heavy atom. The Morgan fingerprint density at radius 1 is 0.362 bits per heavy atom. The molecule has 11 nitrogen and oxygen atoms in total. The maximum atomic E-state index is 12.9. The molecule has 0 aliphatic carbocycles. The summed E-state index contributed by atoms with van der Waals surface area (Å²) in [5.41, 5.74) is 0. The molecule has 0 aromatic rings. The van der Waals surface area contributed by atoms with Gasteiger partial charge in [-0.25, -0.2) is 4.57 Å². The van der Waals surface area contributed by atoms with Crippen molar-refractivity contribution < 1.29 is 52.2 Å². The van der Waals surface area contributed by atoms with Crippen LogP contribution in [0.1, 0.15) is 239 Å². The summed E-state index contributed by atoms with van der Waals surface area (Å²) < 4.78 is 39.5. The van der Waals surface area contributed by atoms with E-state index in [1.807, 2.05) is 24.3 Å². The Bertz CT molecular complexity index is 1850. The zero-order chi connectivity index (χ0) is 58.3. The number of rotatable bonds is 56. The van der Waals surface area contributed by atoms with Gasteiger partial charge in [0, 0.05) is 19.3 Å². The number of ether oxygens (including phenoxy) is 3. The van der Waals surface area contributed by atoms with E-state index in [9.17, 15) is 28.9 Å². The van der Waals surface area contributed by atoms with Crippen LogP contribution in [0.5, 0.6) is 0 Å². The minimum Gasteiger partial charge on any atom is -0.462 e. The number of hydrogen-bond donors (Lipinski definition) is 2. The Labute approximate surface area is 487 Å². The van der Waals surface area contributed by atoms with Crippen molar-refractivity contribution in [1.82, 2.24) is 0 Å². The van der Waals surface area contributed by atoms with Crippen molar-refractivity contribution in [2.24, 2.45) is 0 Å². The maximum Gasteiger partial charge on any atom is 0.472 e. The molecule has 3 atom stereocenters. The number of hydrogen-bond acceptors (Lipinski definition) is 10. The lowest BCUT2D eigenvalue weighted by Gasteiger charge is -2.21. The SMILES string of the molecule is CC/C=C\C/C=C\C/C=C\C/C=C\C/C=C\CCCC(=O)OC(CO)COP(=O)(O)OCC(COC(=O)CCCCCCCCCCC/C=C\CCCCCCCC)OC(=O)CCC/C=C\C/C=C\C/C=C\C/C=C\C/C=C\CC. The largest absolute Gasteiger partial charge is 0.472 e. The van der Waals surface area contributed by atoms with E-state index in [1.165, 1.54) is 83.5 Å². The van der Waals surface area contributed by atoms with Gasteiger partial charge in [-0.05, 0) is 122 Å². The first-order valence-electron chi connectivity index (χ1n) is 31.1. The first-order valence-corrected chi connectivity index (χ1v) is 32.6. The van der Waals surface area contributed by atoms with E-state index in [2.05, 4.69) is 130 Å². The van der Waals surface area contributed by atoms with Crippen LogP contribution in [0.3, 0.4) is 0 Å². The van der Waals surface area contributed by atoms with Gasteiger partial charge in [0.2, 0.25) is 0 Å². The fraction of sp³-hybridized carbons (Fsp3) is 0.632. The highest BCUT2D eigenvalue weighted by Gasteiger charge is 2.28. The third-order valence-corrected chi connectivity index (χ3v) is 13.5. The molecule has 0 radical (unpaired) electrons. The van der Waals surface area contributed by atoms with Crippen LogP contribution in [-0.2, 0) is 42.2 Å². The molecule has 454 valence electrons. The second-order valence-corrected chi connectivity index (χ2v) is 21.6. The number of allylic oxidation sites excluding steroid dienone is 22. The van der Waals surface area contributed by atoms with Gasteiger partial charge in [-0.2, -0.15) is 0 Å². The maximum absolute atomic E-state index is 12.9. The second kappa shape index (κ2) is 60.7. The molecule has 0 heterocycles. The van der Waals surface area contributed by atoms with Gasteiger partial charge in [-0.3, -0.25) is 23.4 Å². The molecule has 0 amide bonds. The summed E-state index contributed by atoms with van der Waals surface area (Å²) >= 11 is 0. The summed E-state index contributed by atoms with van der Waals surface area (Å²) in [6.07, 6.45) is 77.1. The molecular formula is C68H111O11P. The lowest BCUT2D eigenvalue weighted by molar-refractivity contribution is -0.161. The third-order valence-electron chi connectivity index (χ3n) is 12.5. The fourth-order valence-corrected chi connectivity index (χ4v) is 8.68. The zero-order valence-electron chi connectivity index (χ0n) is 50.2. The smallest absolute Gasteiger partial charge is 0.462 e. The van der Waals surface area contributed by atoms with E-state index < -0.39 is 57.8 Å². The van der Waals surface area contributed by atoms with Crippen LogP contribution in [0, 0.1) is 0 Å². The molecule has 2 N–H and O–H groups in total. The first-order chi connectivity index (χ1) is 39.2. The summed E-state index contributed by atoms with van der Waals surface area (Å²) in [5, 5.41) is 9.83. The molecule has 0 spiro atoms. The summed E-state index contributed by atoms with van der Waals surface area (Å²) in [7, 11) is -4.79. The fourth-order valence-electron chi connectivity index (χ4n) is 7.89. The van der Waals surface area contributed by atoms with Crippen LogP contribution in [0.4, 0.5) is 0 Å². The molecule has 3 unspecified atom stereocenters. The minimum absolute atomic E-state index is 0.0780. The number of unbranched alkanes of at least 4 members (excludes halogenated alkanes) is 17. The lowest BCUT2D eigenvalue weighted by atomic mass is 10.1. The summed E-state index contributed by atoms with van der Waals surface area (Å²) in [4.78, 5) is 48.7. The van der Waals surface area contributed by atoms with Crippen LogP contribution in [0.15, 0.2) is 134 Å². The van der Waals surface area contributed by atoms with Crippen LogP contribution in [0.25, 0.3) is 0 Å². The van der Waals surface area contributed by atoms with Crippen molar-refractivity contribution in [3.63, 3.8) is 0 Å². The Morgan fingerprint density at radius 2 is 0.662 bits per heavy atom. The average molecular weight is 1140 g/mol. The molecule has 0 saturated heterocycles. The topological polar surface area (TPSA) is 155 Å². The van der Waals surface area contributed by atoms with E-state index in [-0.39, 0.29) is 25.9 Å². The summed E-state index contributed by atoms with van der Waals surface area (Å²) in [6, 6.07) is 0. The Balaban J connectivity index is 4.85. The van der Waals surface area contributed by atoms with Crippen molar-refractivity contribution in [2.75, 3.05) is 26.4 Å². The van der Waals surface area contributed by atoms with Gasteiger partial charge in [0.25, 0.3) is 0 Å². The number of carbonyl (C=O) groups excluding carboxylic acids is 3. The molecule has 0 saturated carbocycles. The second-order valence-electron chi connectivity index (χ2n) is 20.1. The standard InChI is InChI=1S/C68H111O11P/c1-4-7-10-13-16-19-22-25-28-31-32-35-36-39-42-45-48-51-54-57-66(70)75-61-65(79-68(72)59-56-53-50-47-44-41-38-34-30-27-24-21-18-15-12-9-6-3)63-77-80(73,74)76-62-64(60-69)78-67(71)58-55-52-49-46-43-40-37-33-29-26-23-20-17-14-11-8-5-2/h8-9,11-12,17-18,20-21,25-30,37-38,40-41,46-47,49-50,64-65,69H,4-7,10,13-16,19,22-24,31-36,39,42-45,48,51-63H2,1-3H3,(H,73,74)/b11-8-,12-9-,20-17-,21-18-,28-25-,29-26-,30-27-,40-37-,41-38-,49-46-,50-47-. The summed E-state index contributed by atoms with van der Waals surface area (Å²) in [6.45, 7) is 4.29. The van der Waals surface area contributed by atoms with Crippen molar-refractivity contribution in [3.8, 4) is 0 Å². The van der Waals surface area contributed by atoms with Crippen LogP contribution < -0.4 is 0 Å². The number of esters is 3. The molecular weight excluding hydrogens is 1020 g/mol. The number of phosphoric acid groups is 1. The Kier molecular flexibility index (Phi) is 57.4. The monoisotopic (exact) mass is 1130 g/mol. The van der Waals surface area contributed by atoms with Crippen LogP contribution in [0.2, 0.25) is 0 Å². The molecule has 0 aromatic carbocycles. The number of carbonyl (C=O) groups is 3. The van der Waals surface area contributed by atoms with E-state index >= 15 is 0 Å². The van der Waals surface area contributed by atoms with Gasteiger partial charge in [0.05, 0.1) is 19.8 Å². The normalized spacial score (nSPS) is 14.2.